The molecule has 6 nitrogen and oxygen atoms in total. The Bertz CT molecular complexity index is 1450. The van der Waals surface area contributed by atoms with Gasteiger partial charge in [0.15, 0.2) is 11.6 Å². The predicted octanol–water partition coefficient (Wildman–Crippen LogP) is 5.67. The number of ether oxygens (including phenoxy) is 2. The van der Waals surface area contributed by atoms with Crippen LogP contribution in [0.3, 0.4) is 0 Å². The Morgan fingerprint density at radius 1 is 1.03 bits per heavy atom. The fraction of sp³-hybridized carbons (Fsp3) is 0.154. The number of methoxy groups -OCH3 is 1. The normalized spacial score (nSPS) is 13.0. The lowest BCUT2D eigenvalue weighted by Gasteiger charge is -2.16. The van der Waals surface area contributed by atoms with Crippen molar-refractivity contribution in [2.75, 3.05) is 12.4 Å². The smallest absolute Gasteiger partial charge is 0.261 e. The largest absolute Gasteiger partial charge is 0.491 e. The fourth-order valence-electron chi connectivity index (χ4n) is 3.85. The van der Waals surface area contributed by atoms with Gasteiger partial charge in [0.05, 0.1) is 18.0 Å². The van der Waals surface area contributed by atoms with Crippen LogP contribution in [0.25, 0.3) is 10.9 Å². The Morgan fingerprint density at radius 2 is 1.71 bits per heavy atom. The number of rotatable bonds is 6. The minimum Gasteiger partial charge on any atom is -0.491 e. The first-order valence-corrected chi connectivity index (χ1v) is 10.7. The van der Waals surface area contributed by atoms with E-state index in [-0.39, 0.29) is 28.3 Å². The van der Waals surface area contributed by atoms with Crippen molar-refractivity contribution in [1.29, 1.82) is 0 Å². The van der Waals surface area contributed by atoms with Gasteiger partial charge in [-0.15, -0.1) is 0 Å². The maximum Gasteiger partial charge on any atom is 0.261 e. The Labute approximate surface area is 193 Å². The quantitative estimate of drug-likeness (QED) is 0.401. The molecule has 0 unspecified atom stereocenters. The van der Waals surface area contributed by atoms with E-state index in [0.717, 1.165) is 18.9 Å². The minimum atomic E-state index is -1.21. The summed E-state index contributed by atoms with van der Waals surface area (Å²) in [7, 11) is 1.21. The van der Waals surface area contributed by atoms with Gasteiger partial charge in [0.2, 0.25) is 11.2 Å². The van der Waals surface area contributed by atoms with Gasteiger partial charge < -0.3 is 19.4 Å². The van der Waals surface area contributed by atoms with Crippen LogP contribution in [0.1, 0.15) is 29.2 Å². The van der Waals surface area contributed by atoms with Gasteiger partial charge in [-0.3, -0.25) is 9.59 Å². The van der Waals surface area contributed by atoms with Gasteiger partial charge in [0.1, 0.15) is 17.1 Å². The lowest BCUT2D eigenvalue weighted by molar-refractivity contribution is 0.102. The van der Waals surface area contributed by atoms with Crippen LogP contribution in [-0.4, -0.2) is 17.6 Å². The number of carbonyl (C=O) groups excluding carboxylic acids is 1. The highest BCUT2D eigenvalue weighted by Gasteiger charge is 2.30. The number of carbonyl (C=O) groups is 1. The first-order valence-electron chi connectivity index (χ1n) is 10.7. The third-order valence-electron chi connectivity index (χ3n) is 5.65. The molecule has 0 aliphatic heterocycles. The van der Waals surface area contributed by atoms with E-state index in [2.05, 4.69) is 5.32 Å². The summed E-state index contributed by atoms with van der Waals surface area (Å²) < 4.78 is 41.0. The Kier molecular flexibility index (Phi) is 5.49. The van der Waals surface area contributed by atoms with E-state index in [1.54, 1.807) is 28.8 Å². The molecule has 1 N–H and O–H groups in total. The van der Waals surface area contributed by atoms with Crippen molar-refractivity contribution < 1.29 is 23.0 Å². The highest BCUT2D eigenvalue weighted by atomic mass is 19.2. The number of nitrogens with zero attached hydrogens (tertiary/aromatic N) is 1. The average molecular weight is 462 g/mol. The van der Waals surface area contributed by atoms with Crippen LogP contribution in [0.2, 0.25) is 0 Å². The summed E-state index contributed by atoms with van der Waals surface area (Å²) in [4.78, 5) is 26.1. The zero-order valence-electron chi connectivity index (χ0n) is 18.2. The molecular formula is C26H20F2N2O4. The Morgan fingerprint density at radius 3 is 2.35 bits per heavy atom. The van der Waals surface area contributed by atoms with Crippen LogP contribution in [0, 0.1) is 11.6 Å². The maximum atomic E-state index is 14.3. The number of halogens is 2. The highest BCUT2D eigenvalue weighted by molar-refractivity contribution is 6.06. The molecular weight excluding hydrogens is 442 g/mol. The number of fused-ring (bicyclic) bond motifs is 1. The monoisotopic (exact) mass is 462 g/mol. The topological polar surface area (TPSA) is 69.6 Å². The standard InChI is InChI=1S/C26H20F2N2O4/c1-33-25-22(28)21(27)13-19-23(25)30(16-9-10-16)14-20(24(19)31)26(32)29-15-7-11-18(12-8-15)34-17-5-3-2-4-6-17/h2-8,11-14,16H,9-10H2,1H3,(H,29,32). The summed E-state index contributed by atoms with van der Waals surface area (Å²) in [6, 6.07) is 16.7. The molecule has 1 heterocycles. The predicted molar refractivity (Wildman–Crippen MR) is 124 cm³/mol. The van der Waals surface area contributed by atoms with E-state index in [1.165, 1.54) is 13.3 Å². The second-order valence-corrected chi connectivity index (χ2v) is 8.01. The van der Waals surface area contributed by atoms with Gasteiger partial charge >= 0.3 is 0 Å². The molecule has 0 bridgehead atoms. The van der Waals surface area contributed by atoms with E-state index >= 15 is 0 Å². The number of hydrogen-bond acceptors (Lipinski definition) is 4. The third-order valence-corrected chi connectivity index (χ3v) is 5.65. The molecule has 5 rings (SSSR count). The second kappa shape index (κ2) is 8.62. The second-order valence-electron chi connectivity index (χ2n) is 8.01. The molecule has 0 spiro atoms. The summed E-state index contributed by atoms with van der Waals surface area (Å²) in [5.74, 6) is -2.12. The number of benzene rings is 3. The molecule has 1 fully saturated rings. The van der Waals surface area contributed by atoms with Crippen LogP contribution in [0.15, 0.2) is 71.7 Å². The van der Waals surface area contributed by atoms with Gasteiger partial charge in [-0.2, -0.15) is 4.39 Å². The number of anilines is 1. The van der Waals surface area contributed by atoms with E-state index in [4.69, 9.17) is 9.47 Å². The van der Waals surface area contributed by atoms with E-state index in [0.29, 0.717) is 17.2 Å². The number of aromatic nitrogens is 1. The summed E-state index contributed by atoms with van der Waals surface area (Å²) in [5.41, 5.74) is -0.277. The van der Waals surface area contributed by atoms with Gasteiger partial charge in [-0.25, -0.2) is 4.39 Å². The molecule has 0 atom stereocenters. The van der Waals surface area contributed by atoms with Crippen LogP contribution in [-0.2, 0) is 0 Å². The van der Waals surface area contributed by atoms with Gasteiger partial charge in [0, 0.05) is 17.9 Å². The Hall–Kier alpha value is -4.20. The molecule has 34 heavy (non-hydrogen) atoms. The minimum absolute atomic E-state index is 0.0252. The number of nitrogens with one attached hydrogen (secondary N) is 1. The lowest BCUT2D eigenvalue weighted by Crippen LogP contribution is -2.24. The summed E-state index contributed by atoms with van der Waals surface area (Å²) in [6.07, 6.45) is 2.98. The molecule has 1 amide bonds. The zero-order chi connectivity index (χ0) is 23.8. The number of amides is 1. The van der Waals surface area contributed by atoms with E-state index in [9.17, 15) is 18.4 Å². The molecule has 0 saturated heterocycles. The van der Waals surface area contributed by atoms with E-state index < -0.39 is 23.0 Å². The molecule has 3 aromatic carbocycles. The average Bonchev–Trinajstić information content (AvgIpc) is 3.68. The van der Waals surface area contributed by atoms with Crippen molar-refractivity contribution in [2.24, 2.45) is 0 Å². The molecule has 1 aliphatic rings. The number of pyridine rings is 1. The van der Waals surface area contributed by atoms with Gasteiger partial charge in [0.25, 0.3) is 5.91 Å². The molecule has 1 aliphatic carbocycles. The van der Waals surface area contributed by atoms with Crippen molar-refractivity contribution in [3.63, 3.8) is 0 Å². The molecule has 0 radical (unpaired) electrons. The van der Waals surface area contributed by atoms with Crippen LogP contribution in [0.5, 0.6) is 17.2 Å². The number of para-hydroxylation sites is 1. The maximum absolute atomic E-state index is 14.3. The molecule has 1 aromatic heterocycles. The molecule has 172 valence electrons. The summed E-state index contributed by atoms with van der Waals surface area (Å²) in [6.45, 7) is 0. The van der Waals surface area contributed by atoms with Crippen LogP contribution in [0.4, 0.5) is 14.5 Å². The van der Waals surface area contributed by atoms with Crippen LogP contribution >= 0.6 is 0 Å². The van der Waals surface area contributed by atoms with Crippen molar-refractivity contribution in [3.05, 3.63) is 94.3 Å². The summed E-state index contributed by atoms with van der Waals surface area (Å²) in [5, 5.41) is 2.58. The van der Waals surface area contributed by atoms with Crippen molar-refractivity contribution >= 4 is 22.5 Å². The third kappa shape index (κ3) is 3.98. The summed E-state index contributed by atoms with van der Waals surface area (Å²) >= 11 is 0. The van der Waals surface area contributed by atoms with Crippen molar-refractivity contribution in [2.45, 2.75) is 18.9 Å². The first-order chi connectivity index (χ1) is 16.5. The SMILES string of the molecule is COc1c(F)c(F)cc2c(=O)c(C(=O)Nc3ccc(Oc4ccccc4)cc3)cn(C3CC3)c12. The first kappa shape index (κ1) is 21.6. The van der Waals surface area contributed by atoms with Gasteiger partial charge in [-0.05, 0) is 55.3 Å². The molecule has 4 aromatic rings. The molecule has 8 heteroatoms. The van der Waals surface area contributed by atoms with Crippen LogP contribution < -0.4 is 20.2 Å². The lowest BCUT2D eigenvalue weighted by atomic mass is 10.1. The van der Waals surface area contributed by atoms with E-state index in [1.807, 2.05) is 30.3 Å². The van der Waals surface area contributed by atoms with Crippen molar-refractivity contribution in [3.8, 4) is 17.2 Å². The zero-order valence-corrected chi connectivity index (χ0v) is 18.2. The number of hydrogen-bond donors (Lipinski definition) is 1. The van der Waals surface area contributed by atoms with Gasteiger partial charge in [-0.1, -0.05) is 18.2 Å². The highest BCUT2D eigenvalue weighted by Crippen LogP contribution is 2.40. The Balaban J connectivity index is 1.47. The fourth-order valence-corrected chi connectivity index (χ4v) is 3.85. The van der Waals surface area contributed by atoms with Crippen molar-refractivity contribution in [1.82, 2.24) is 4.57 Å². The molecule has 1 saturated carbocycles.